The first kappa shape index (κ1) is 20.3. The normalized spacial score (nSPS) is 10.3. The maximum absolute atomic E-state index is 12.3. The van der Waals surface area contributed by atoms with Crippen molar-refractivity contribution in [2.24, 2.45) is 0 Å². The molecule has 0 aliphatic heterocycles. The van der Waals surface area contributed by atoms with Crippen LogP contribution in [0.25, 0.3) is 0 Å². The number of carbonyl (C=O) groups is 1. The minimum absolute atomic E-state index is 0.154. The van der Waals surface area contributed by atoms with Gasteiger partial charge in [0, 0.05) is 0 Å². The van der Waals surface area contributed by atoms with Gasteiger partial charge in [-0.25, -0.2) is 4.79 Å². The van der Waals surface area contributed by atoms with Crippen LogP contribution in [0.2, 0.25) is 0 Å². The fraction of sp³-hybridized carbons (Fsp3) is 0.208. The highest BCUT2D eigenvalue weighted by Crippen LogP contribution is 2.29. The average molecular weight is 392 g/mol. The van der Waals surface area contributed by atoms with E-state index in [0.29, 0.717) is 23.7 Å². The number of benzene rings is 3. The Morgan fingerprint density at radius 2 is 1.59 bits per heavy atom. The maximum Gasteiger partial charge on any atom is 0.338 e. The predicted octanol–water partition coefficient (Wildman–Crippen LogP) is 4.82. The van der Waals surface area contributed by atoms with Gasteiger partial charge >= 0.3 is 5.97 Å². The number of hydrogen-bond acceptors (Lipinski definition) is 5. The molecule has 0 radical (unpaired) electrons. The van der Waals surface area contributed by atoms with Crippen LogP contribution in [0.5, 0.6) is 17.2 Å². The second kappa shape index (κ2) is 10.2. The first-order valence-corrected chi connectivity index (χ1v) is 9.37. The van der Waals surface area contributed by atoms with Gasteiger partial charge in [0.25, 0.3) is 0 Å². The van der Waals surface area contributed by atoms with Gasteiger partial charge in [-0.05, 0) is 42.8 Å². The van der Waals surface area contributed by atoms with Gasteiger partial charge in [0.15, 0.2) is 11.5 Å². The van der Waals surface area contributed by atoms with Crippen LogP contribution in [0.4, 0.5) is 0 Å². The van der Waals surface area contributed by atoms with E-state index in [1.807, 2.05) is 61.5 Å². The van der Waals surface area contributed by atoms with E-state index in [1.165, 1.54) is 7.11 Å². The summed E-state index contributed by atoms with van der Waals surface area (Å²) in [5, 5.41) is 0. The number of hydrogen-bond donors (Lipinski definition) is 0. The molecule has 0 spiro atoms. The van der Waals surface area contributed by atoms with Gasteiger partial charge in [-0.2, -0.15) is 0 Å². The Balaban J connectivity index is 1.51. The second-order valence-electron chi connectivity index (χ2n) is 6.44. The summed E-state index contributed by atoms with van der Waals surface area (Å²) in [6.07, 6.45) is 0. The average Bonchev–Trinajstić information content (AvgIpc) is 2.77. The Kier molecular flexibility index (Phi) is 7.11. The molecule has 0 N–H and O–H groups in total. The largest absolute Gasteiger partial charge is 0.493 e. The van der Waals surface area contributed by atoms with Crippen LogP contribution in [0.3, 0.4) is 0 Å². The molecule has 0 aliphatic rings. The number of ether oxygens (including phenoxy) is 4. The summed E-state index contributed by atoms with van der Waals surface area (Å²) in [6.45, 7) is 2.86. The molecule has 150 valence electrons. The number of esters is 1. The molecule has 0 heterocycles. The summed E-state index contributed by atoms with van der Waals surface area (Å²) in [5.41, 5.74) is 2.60. The van der Waals surface area contributed by atoms with Gasteiger partial charge in [0.2, 0.25) is 0 Å². The quantitative estimate of drug-likeness (QED) is 0.386. The van der Waals surface area contributed by atoms with Crippen LogP contribution in [0.15, 0.2) is 72.8 Å². The van der Waals surface area contributed by atoms with Crippen LogP contribution >= 0.6 is 0 Å². The Morgan fingerprint density at radius 3 is 2.31 bits per heavy atom. The lowest BCUT2D eigenvalue weighted by Gasteiger charge is -2.12. The molecule has 0 fully saturated rings. The van der Waals surface area contributed by atoms with Crippen molar-refractivity contribution in [1.29, 1.82) is 0 Å². The molecule has 0 saturated carbocycles. The summed E-state index contributed by atoms with van der Waals surface area (Å²) < 4.78 is 22.0. The Hall–Kier alpha value is -3.47. The lowest BCUT2D eigenvalue weighted by atomic mass is 10.2. The summed E-state index contributed by atoms with van der Waals surface area (Å²) in [7, 11) is 1.54. The van der Waals surface area contributed by atoms with E-state index in [-0.39, 0.29) is 13.2 Å². The molecule has 29 heavy (non-hydrogen) atoms. The van der Waals surface area contributed by atoms with Crippen molar-refractivity contribution >= 4 is 5.97 Å². The number of aryl methyl sites for hydroxylation is 1. The fourth-order valence-corrected chi connectivity index (χ4v) is 2.66. The molecule has 0 unspecified atom stereocenters. The highest BCUT2D eigenvalue weighted by atomic mass is 16.6. The molecule has 0 aliphatic carbocycles. The van der Waals surface area contributed by atoms with E-state index in [9.17, 15) is 4.79 Å². The zero-order chi connectivity index (χ0) is 20.5. The van der Waals surface area contributed by atoms with Crippen molar-refractivity contribution in [3.05, 3.63) is 89.5 Å². The number of carbonyl (C=O) groups excluding carboxylic acids is 1. The van der Waals surface area contributed by atoms with E-state index >= 15 is 0 Å². The molecule has 3 aromatic rings. The van der Waals surface area contributed by atoms with E-state index in [1.54, 1.807) is 18.2 Å². The second-order valence-corrected chi connectivity index (χ2v) is 6.44. The number of methoxy groups -OCH3 is 1. The minimum Gasteiger partial charge on any atom is -0.493 e. The molecule has 3 rings (SSSR count). The van der Waals surface area contributed by atoms with Gasteiger partial charge in [0.1, 0.15) is 25.6 Å². The van der Waals surface area contributed by atoms with Gasteiger partial charge < -0.3 is 18.9 Å². The summed E-state index contributed by atoms with van der Waals surface area (Å²) in [5.74, 6) is 1.35. The van der Waals surface area contributed by atoms with Crippen LogP contribution in [-0.2, 0) is 11.3 Å². The molecule has 5 heteroatoms. The van der Waals surface area contributed by atoms with Gasteiger partial charge in [0.05, 0.1) is 12.7 Å². The lowest BCUT2D eigenvalue weighted by molar-refractivity contribution is 0.0450. The molecular weight excluding hydrogens is 368 g/mol. The van der Waals surface area contributed by atoms with Crippen molar-refractivity contribution in [1.82, 2.24) is 0 Å². The lowest BCUT2D eigenvalue weighted by Crippen LogP contribution is -2.12. The third-order valence-corrected chi connectivity index (χ3v) is 4.24. The van der Waals surface area contributed by atoms with Gasteiger partial charge in [-0.3, -0.25) is 0 Å². The topological polar surface area (TPSA) is 54.0 Å². The standard InChI is InChI=1S/C24H24O5/c1-18-8-11-21(12-9-18)27-14-15-28-24(25)20-10-13-22(23(16-20)26-2)29-17-19-6-4-3-5-7-19/h3-13,16H,14-15,17H2,1-2H3. The van der Waals surface area contributed by atoms with E-state index in [0.717, 1.165) is 16.9 Å². The zero-order valence-electron chi connectivity index (χ0n) is 16.6. The third kappa shape index (κ3) is 6.01. The highest BCUT2D eigenvalue weighted by molar-refractivity contribution is 5.90. The molecule has 0 aromatic heterocycles. The summed E-state index contributed by atoms with van der Waals surface area (Å²) in [6, 6.07) is 22.5. The van der Waals surface area contributed by atoms with Crippen molar-refractivity contribution in [3.63, 3.8) is 0 Å². The van der Waals surface area contributed by atoms with E-state index in [2.05, 4.69) is 0 Å². The fourth-order valence-electron chi connectivity index (χ4n) is 2.66. The highest BCUT2D eigenvalue weighted by Gasteiger charge is 2.12. The summed E-state index contributed by atoms with van der Waals surface area (Å²) in [4.78, 5) is 12.3. The molecule has 0 amide bonds. The number of rotatable bonds is 9. The third-order valence-electron chi connectivity index (χ3n) is 4.24. The van der Waals surface area contributed by atoms with Crippen molar-refractivity contribution in [2.45, 2.75) is 13.5 Å². The first-order valence-electron chi connectivity index (χ1n) is 9.37. The molecule has 0 bridgehead atoms. The van der Waals surface area contributed by atoms with Crippen LogP contribution in [0.1, 0.15) is 21.5 Å². The molecule has 0 saturated heterocycles. The molecule has 3 aromatic carbocycles. The first-order chi connectivity index (χ1) is 14.2. The van der Waals surface area contributed by atoms with Crippen LogP contribution in [0, 0.1) is 6.92 Å². The van der Waals surface area contributed by atoms with Gasteiger partial charge in [-0.1, -0.05) is 48.0 Å². The van der Waals surface area contributed by atoms with Crippen LogP contribution in [-0.4, -0.2) is 26.3 Å². The predicted molar refractivity (Wildman–Crippen MR) is 111 cm³/mol. The van der Waals surface area contributed by atoms with Gasteiger partial charge in [-0.15, -0.1) is 0 Å². The Labute approximate surface area is 170 Å². The smallest absolute Gasteiger partial charge is 0.338 e. The molecule has 0 atom stereocenters. The minimum atomic E-state index is -0.439. The SMILES string of the molecule is COc1cc(C(=O)OCCOc2ccc(C)cc2)ccc1OCc1ccccc1. The van der Waals surface area contributed by atoms with Crippen molar-refractivity contribution in [3.8, 4) is 17.2 Å². The van der Waals surface area contributed by atoms with E-state index < -0.39 is 5.97 Å². The maximum atomic E-state index is 12.3. The zero-order valence-corrected chi connectivity index (χ0v) is 16.6. The van der Waals surface area contributed by atoms with E-state index in [4.69, 9.17) is 18.9 Å². The van der Waals surface area contributed by atoms with Crippen LogP contribution < -0.4 is 14.2 Å². The summed E-state index contributed by atoms with van der Waals surface area (Å²) >= 11 is 0. The Bertz CT molecular complexity index is 920. The molecular formula is C24H24O5. The van der Waals surface area contributed by atoms with Crippen molar-refractivity contribution < 1.29 is 23.7 Å². The molecule has 5 nitrogen and oxygen atoms in total. The van der Waals surface area contributed by atoms with Crippen molar-refractivity contribution in [2.75, 3.05) is 20.3 Å². The Morgan fingerprint density at radius 1 is 0.828 bits per heavy atom. The monoisotopic (exact) mass is 392 g/mol.